The van der Waals surface area contributed by atoms with E-state index in [1.807, 2.05) is 48.5 Å². The number of hydrogen-bond donors (Lipinski definition) is 0. The second-order valence-electron chi connectivity index (χ2n) is 15.0. The lowest BCUT2D eigenvalue weighted by molar-refractivity contribution is 0.0607. The molecular weight excluding hydrogens is 761 g/mol. The Labute approximate surface area is 340 Å². The summed E-state index contributed by atoms with van der Waals surface area (Å²) in [6.07, 6.45) is 0.525. The molecular formula is C49H32N2O5S2. The van der Waals surface area contributed by atoms with Gasteiger partial charge in [-0.25, -0.2) is 0 Å². The van der Waals surface area contributed by atoms with E-state index in [-0.39, 0.29) is 30.2 Å². The van der Waals surface area contributed by atoms with Gasteiger partial charge in [-0.05, 0) is 135 Å². The van der Waals surface area contributed by atoms with Crippen molar-refractivity contribution >= 4 is 89.4 Å². The molecule has 2 aromatic heterocycles. The Hall–Kier alpha value is -6.68. The average Bonchev–Trinajstić information content (AvgIpc) is 3.91. The highest BCUT2D eigenvalue weighted by molar-refractivity contribution is 7.25. The third-order valence-electron chi connectivity index (χ3n) is 11.9. The number of methoxy groups -OCH3 is 1. The molecule has 11 rings (SSSR count). The predicted octanol–water partition coefficient (Wildman–Crippen LogP) is 11.2. The molecule has 2 aliphatic rings. The average molecular weight is 793 g/mol. The van der Waals surface area contributed by atoms with Crippen molar-refractivity contribution in [1.29, 1.82) is 0 Å². The smallest absolute Gasteiger partial charge is 0.261 e. The minimum absolute atomic E-state index is 0.253. The SMILES string of the molecule is COc1ccc(-c2sc(-c3ccc(-c4ccc(CCN5C(=O)c6ccc7c8ccc9c%10c(ccc(c%11ccc(c6c7%11)C5=O)c%108)C(=O)N(C)C9=O)cc4)s3)cc2C)cc1. The number of carbonyl (C=O) groups excluding carboxylic acids is 4. The molecule has 0 atom stereocenters. The van der Waals surface area contributed by atoms with Crippen molar-refractivity contribution < 1.29 is 23.9 Å². The van der Waals surface area contributed by atoms with Gasteiger partial charge in [0.25, 0.3) is 23.6 Å². The molecule has 7 aromatic carbocycles. The van der Waals surface area contributed by atoms with Gasteiger partial charge in [-0.2, -0.15) is 0 Å². The molecule has 0 spiro atoms. The van der Waals surface area contributed by atoms with Crippen molar-refractivity contribution in [3.8, 4) is 36.4 Å². The Bertz CT molecular complexity index is 3150. The summed E-state index contributed by atoms with van der Waals surface area (Å²) in [6, 6.07) is 38.1. The van der Waals surface area contributed by atoms with Crippen LogP contribution in [0.4, 0.5) is 0 Å². The van der Waals surface area contributed by atoms with Gasteiger partial charge < -0.3 is 4.74 Å². The van der Waals surface area contributed by atoms with Crippen molar-refractivity contribution in [1.82, 2.24) is 9.80 Å². The second-order valence-corrected chi connectivity index (χ2v) is 17.2. The predicted molar refractivity (Wildman–Crippen MR) is 233 cm³/mol. The zero-order valence-corrected chi connectivity index (χ0v) is 33.3. The van der Waals surface area contributed by atoms with Gasteiger partial charge in [0.05, 0.1) is 7.11 Å². The molecule has 0 saturated heterocycles. The monoisotopic (exact) mass is 792 g/mol. The number of fused-ring (bicyclic) bond motifs is 2. The van der Waals surface area contributed by atoms with Gasteiger partial charge in [-0.3, -0.25) is 29.0 Å². The fourth-order valence-electron chi connectivity index (χ4n) is 8.98. The molecule has 0 radical (unpaired) electrons. The van der Waals surface area contributed by atoms with E-state index in [1.165, 1.54) is 42.6 Å². The second kappa shape index (κ2) is 12.7. The molecule has 2 aliphatic heterocycles. The highest BCUT2D eigenvalue weighted by atomic mass is 32.1. The molecule has 7 nitrogen and oxygen atoms in total. The lowest BCUT2D eigenvalue weighted by atomic mass is 9.82. The van der Waals surface area contributed by atoms with Crippen LogP contribution >= 0.6 is 22.7 Å². The summed E-state index contributed by atoms with van der Waals surface area (Å²) >= 11 is 3.57. The van der Waals surface area contributed by atoms with Crippen LogP contribution in [0.2, 0.25) is 0 Å². The first-order valence-corrected chi connectivity index (χ1v) is 20.7. The van der Waals surface area contributed by atoms with E-state index in [4.69, 9.17) is 4.74 Å². The van der Waals surface area contributed by atoms with E-state index < -0.39 is 0 Å². The fourth-order valence-corrected chi connectivity index (χ4v) is 11.2. The van der Waals surface area contributed by atoms with Gasteiger partial charge in [0.1, 0.15) is 5.75 Å². The molecule has 4 heterocycles. The number of hydrogen-bond acceptors (Lipinski definition) is 7. The largest absolute Gasteiger partial charge is 0.497 e. The zero-order chi connectivity index (χ0) is 39.6. The first kappa shape index (κ1) is 34.6. The number of benzene rings is 7. The molecule has 58 heavy (non-hydrogen) atoms. The Morgan fingerprint density at radius 3 is 1.55 bits per heavy atom. The van der Waals surface area contributed by atoms with E-state index in [0.717, 1.165) is 54.1 Å². The molecule has 280 valence electrons. The molecule has 4 amide bonds. The van der Waals surface area contributed by atoms with E-state index in [0.29, 0.717) is 39.4 Å². The lowest BCUT2D eigenvalue weighted by Gasteiger charge is -2.29. The van der Waals surface area contributed by atoms with Gasteiger partial charge in [0.2, 0.25) is 0 Å². The number of rotatable bonds is 7. The third-order valence-corrected chi connectivity index (χ3v) is 14.5. The Balaban J connectivity index is 0.860. The number of aryl methyl sites for hydroxylation is 1. The standard InChI is InChI=1S/C49H32N2O5S2/c1-25-24-40(58-45(25)28-8-10-29(56-3)11-9-28)39-21-20-38(57-39)27-6-4-26(5-7-27)22-23-51-48(54)36-18-14-32-30-12-16-34-43-35(47(53)50(2)46(34)52)17-13-31(41(30)43)33-15-19-37(49(51)55)44(36)42(32)33/h4-21,24H,22-23H2,1-3H3. The van der Waals surface area contributed by atoms with Crippen molar-refractivity contribution in [2.75, 3.05) is 20.7 Å². The van der Waals surface area contributed by atoms with Crippen LogP contribution in [0.3, 0.4) is 0 Å². The number of amides is 4. The first-order chi connectivity index (χ1) is 28.2. The molecule has 0 N–H and O–H groups in total. The lowest BCUT2D eigenvalue weighted by Crippen LogP contribution is -2.41. The Morgan fingerprint density at radius 2 is 1.02 bits per heavy atom. The highest BCUT2D eigenvalue weighted by Gasteiger charge is 2.36. The summed E-state index contributed by atoms with van der Waals surface area (Å²) in [5.41, 5.74) is 6.57. The molecule has 0 fully saturated rings. The minimum Gasteiger partial charge on any atom is -0.497 e. The van der Waals surface area contributed by atoms with Gasteiger partial charge in [-0.15, -0.1) is 22.7 Å². The fraction of sp³-hybridized carbons (Fsp3) is 0.102. The molecule has 0 saturated carbocycles. The third kappa shape index (κ3) is 4.90. The summed E-state index contributed by atoms with van der Waals surface area (Å²) in [4.78, 5) is 62.0. The van der Waals surface area contributed by atoms with Crippen molar-refractivity contribution in [3.05, 3.63) is 149 Å². The number of imide groups is 2. The van der Waals surface area contributed by atoms with Crippen molar-refractivity contribution in [2.45, 2.75) is 13.3 Å². The topological polar surface area (TPSA) is 84.0 Å². The van der Waals surface area contributed by atoms with Gasteiger partial charge >= 0.3 is 0 Å². The van der Waals surface area contributed by atoms with E-state index in [9.17, 15) is 19.2 Å². The van der Waals surface area contributed by atoms with E-state index in [2.05, 4.69) is 61.5 Å². The maximum absolute atomic E-state index is 14.1. The highest BCUT2D eigenvalue weighted by Crippen LogP contribution is 2.47. The van der Waals surface area contributed by atoms with Gasteiger partial charge in [0, 0.05) is 66.1 Å². The Morgan fingerprint density at radius 1 is 0.517 bits per heavy atom. The maximum atomic E-state index is 14.1. The quantitative estimate of drug-likeness (QED) is 0.0912. The molecule has 9 aromatic rings. The normalized spacial score (nSPS) is 14.0. The van der Waals surface area contributed by atoms with Crippen LogP contribution in [0.5, 0.6) is 5.75 Å². The van der Waals surface area contributed by atoms with E-state index >= 15 is 0 Å². The van der Waals surface area contributed by atoms with Crippen molar-refractivity contribution in [2.24, 2.45) is 0 Å². The first-order valence-electron chi connectivity index (χ1n) is 19.0. The van der Waals surface area contributed by atoms with Crippen LogP contribution in [-0.2, 0) is 6.42 Å². The van der Waals surface area contributed by atoms with Crippen LogP contribution in [0.1, 0.15) is 52.6 Å². The number of nitrogens with zero attached hydrogens (tertiary/aromatic N) is 2. The van der Waals surface area contributed by atoms with Crippen LogP contribution in [0.15, 0.2) is 115 Å². The zero-order valence-electron chi connectivity index (χ0n) is 31.6. The summed E-state index contributed by atoms with van der Waals surface area (Å²) in [5.74, 6) is -0.425. The summed E-state index contributed by atoms with van der Waals surface area (Å²) in [5, 5.41) is 6.50. The number of thiophene rings is 2. The van der Waals surface area contributed by atoms with Crippen LogP contribution < -0.4 is 4.74 Å². The molecule has 9 heteroatoms. The maximum Gasteiger partial charge on any atom is 0.261 e. The van der Waals surface area contributed by atoms with E-state index in [1.54, 1.807) is 41.9 Å². The van der Waals surface area contributed by atoms with Gasteiger partial charge in [-0.1, -0.05) is 48.5 Å². The number of ether oxygens (including phenoxy) is 1. The molecule has 0 aliphatic carbocycles. The summed E-state index contributed by atoms with van der Waals surface area (Å²) in [6.45, 7) is 2.41. The van der Waals surface area contributed by atoms with Crippen LogP contribution in [0.25, 0.3) is 73.7 Å². The Kier molecular flexibility index (Phi) is 7.54. The minimum atomic E-state index is -0.328. The van der Waals surface area contributed by atoms with Crippen LogP contribution in [0, 0.1) is 6.92 Å². The van der Waals surface area contributed by atoms with Crippen LogP contribution in [-0.4, -0.2) is 54.1 Å². The van der Waals surface area contributed by atoms with Gasteiger partial charge in [0.15, 0.2) is 0 Å². The number of carbonyl (C=O) groups is 4. The summed E-state index contributed by atoms with van der Waals surface area (Å²) < 4.78 is 5.34. The molecule has 0 unspecified atom stereocenters. The summed E-state index contributed by atoms with van der Waals surface area (Å²) in [7, 11) is 3.19. The van der Waals surface area contributed by atoms with Crippen molar-refractivity contribution in [3.63, 3.8) is 0 Å². The molecule has 0 bridgehead atoms.